The van der Waals surface area contributed by atoms with E-state index in [1.807, 2.05) is 55.6 Å². The molecule has 0 saturated carbocycles. The molecule has 1 atom stereocenters. The number of hydrogen-bond donors (Lipinski definition) is 1. The number of nitrogens with one attached hydrogen (secondary N) is 1. The fraction of sp³-hybridized carbons (Fsp3) is 0.300. The second-order valence-electron chi connectivity index (χ2n) is 6.27. The van der Waals surface area contributed by atoms with Gasteiger partial charge in [-0.2, -0.15) is 0 Å². The van der Waals surface area contributed by atoms with E-state index in [1.165, 1.54) is 0 Å². The molecule has 136 valence electrons. The Morgan fingerprint density at radius 3 is 2.77 bits per heavy atom. The van der Waals surface area contributed by atoms with Gasteiger partial charge in [0.2, 0.25) is 11.8 Å². The predicted octanol–water partition coefficient (Wildman–Crippen LogP) is 3.72. The summed E-state index contributed by atoms with van der Waals surface area (Å²) in [4.78, 5) is 27.9. The summed E-state index contributed by atoms with van der Waals surface area (Å²) in [6, 6.07) is 13.4. The summed E-state index contributed by atoms with van der Waals surface area (Å²) >= 11 is 1.58. The Hall–Kier alpha value is -2.47. The molecule has 2 aromatic carbocycles. The Bertz CT molecular complexity index is 838. The van der Waals surface area contributed by atoms with Gasteiger partial charge in [-0.3, -0.25) is 9.59 Å². The Balaban J connectivity index is 1.77. The van der Waals surface area contributed by atoms with Gasteiger partial charge >= 0.3 is 0 Å². The van der Waals surface area contributed by atoms with Gasteiger partial charge < -0.3 is 15.0 Å². The molecule has 0 bridgehead atoms. The predicted molar refractivity (Wildman–Crippen MR) is 105 cm³/mol. The number of anilines is 2. The highest BCUT2D eigenvalue weighted by molar-refractivity contribution is 7.98. The standard InChI is InChI=1S/C20H22N2O3S/c1-13-8-9-17(25-2)16(10-13)22-12-14(11-19(22)23)20(24)21-15-6-4-5-7-18(15)26-3/h4-10,14H,11-12H2,1-3H3,(H,21,24). The molecule has 1 heterocycles. The van der Waals surface area contributed by atoms with E-state index >= 15 is 0 Å². The highest BCUT2D eigenvalue weighted by atomic mass is 32.2. The molecule has 0 radical (unpaired) electrons. The lowest BCUT2D eigenvalue weighted by Crippen LogP contribution is -2.28. The van der Waals surface area contributed by atoms with Crippen molar-refractivity contribution in [2.24, 2.45) is 5.92 Å². The minimum absolute atomic E-state index is 0.0628. The van der Waals surface area contributed by atoms with Crippen LogP contribution in [0.25, 0.3) is 0 Å². The van der Waals surface area contributed by atoms with Crippen molar-refractivity contribution in [1.82, 2.24) is 0 Å². The number of thioether (sulfide) groups is 1. The molecule has 1 aliphatic heterocycles. The zero-order valence-electron chi connectivity index (χ0n) is 15.1. The monoisotopic (exact) mass is 370 g/mol. The van der Waals surface area contributed by atoms with Gasteiger partial charge in [-0.15, -0.1) is 11.8 Å². The maximum Gasteiger partial charge on any atom is 0.229 e. The number of nitrogens with zero attached hydrogens (tertiary/aromatic N) is 1. The number of benzene rings is 2. The molecule has 26 heavy (non-hydrogen) atoms. The van der Waals surface area contributed by atoms with Crippen LogP contribution in [0.4, 0.5) is 11.4 Å². The molecule has 0 aromatic heterocycles. The second-order valence-corrected chi connectivity index (χ2v) is 7.12. The first-order valence-corrected chi connectivity index (χ1v) is 9.65. The summed E-state index contributed by atoms with van der Waals surface area (Å²) in [5.74, 6) is 0.0570. The van der Waals surface area contributed by atoms with Crippen LogP contribution in [0.1, 0.15) is 12.0 Å². The topological polar surface area (TPSA) is 58.6 Å². The molecular weight excluding hydrogens is 348 g/mol. The van der Waals surface area contributed by atoms with Crippen molar-refractivity contribution in [3.63, 3.8) is 0 Å². The van der Waals surface area contributed by atoms with Crippen molar-refractivity contribution in [2.45, 2.75) is 18.2 Å². The molecule has 1 N–H and O–H groups in total. The molecule has 1 saturated heterocycles. The van der Waals surface area contributed by atoms with E-state index in [0.717, 1.165) is 21.8 Å². The average Bonchev–Trinajstić information content (AvgIpc) is 3.04. The summed E-state index contributed by atoms with van der Waals surface area (Å²) < 4.78 is 5.39. The zero-order chi connectivity index (χ0) is 18.7. The average molecular weight is 370 g/mol. The van der Waals surface area contributed by atoms with Crippen LogP contribution in [0.3, 0.4) is 0 Å². The lowest BCUT2D eigenvalue weighted by molar-refractivity contribution is -0.122. The molecule has 1 unspecified atom stereocenters. The number of hydrogen-bond acceptors (Lipinski definition) is 4. The Morgan fingerprint density at radius 2 is 2.04 bits per heavy atom. The van der Waals surface area contributed by atoms with Gasteiger partial charge in [-0.1, -0.05) is 18.2 Å². The third kappa shape index (κ3) is 3.70. The number of carbonyl (C=O) groups is 2. The summed E-state index contributed by atoms with van der Waals surface area (Å²) in [7, 11) is 1.58. The van der Waals surface area contributed by atoms with E-state index in [0.29, 0.717) is 12.3 Å². The molecular formula is C20H22N2O3S. The van der Waals surface area contributed by atoms with E-state index in [-0.39, 0.29) is 24.2 Å². The van der Waals surface area contributed by atoms with E-state index in [1.54, 1.807) is 23.8 Å². The maximum atomic E-state index is 12.7. The Kier molecular flexibility index (Phi) is 5.52. The molecule has 3 rings (SSSR count). The summed E-state index contributed by atoms with van der Waals surface area (Å²) in [6.45, 7) is 2.32. The van der Waals surface area contributed by atoms with Crippen LogP contribution in [0, 0.1) is 12.8 Å². The van der Waals surface area contributed by atoms with Gasteiger partial charge in [0.25, 0.3) is 0 Å². The fourth-order valence-electron chi connectivity index (χ4n) is 3.11. The molecule has 5 nitrogen and oxygen atoms in total. The third-order valence-corrected chi connectivity index (χ3v) is 5.28. The van der Waals surface area contributed by atoms with Crippen LogP contribution < -0.4 is 15.0 Å². The lowest BCUT2D eigenvalue weighted by atomic mass is 10.1. The number of aryl methyl sites for hydroxylation is 1. The fourth-order valence-corrected chi connectivity index (χ4v) is 3.66. The molecule has 6 heteroatoms. The van der Waals surface area contributed by atoms with Crippen molar-refractivity contribution in [2.75, 3.05) is 30.1 Å². The molecule has 1 aliphatic rings. The second kappa shape index (κ2) is 7.83. The largest absolute Gasteiger partial charge is 0.495 e. The van der Waals surface area contributed by atoms with Crippen LogP contribution in [-0.2, 0) is 9.59 Å². The van der Waals surface area contributed by atoms with Gasteiger partial charge in [0.1, 0.15) is 5.75 Å². The smallest absolute Gasteiger partial charge is 0.229 e. The maximum absolute atomic E-state index is 12.7. The highest BCUT2D eigenvalue weighted by Crippen LogP contribution is 2.34. The molecule has 2 aromatic rings. The number of para-hydroxylation sites is 1. The first-order chi connectivity index (χ1) is 12.5. The van der Waals surface area contributed by atoms with Gasteiger partial charge in [0, 0.05) is 17.9 Å². The third-order valence-electron chi connectivity index (χ3n) is 4.49. The van der Waals surface area contributed by atoms with Gasteiger partial charge in [-0.25, -0.2) is 0 Å². The van der Waals surface area contributed by atoms with E-state index in [2.05, 4.69) is 5.32 Å². The number of carbonyl (C=O) groups excluding carboxylic acids is 2. The van der Waals surface area contributed by atoms with Crippen LogP contribution in [0.5, 0.6) is 5.75 Å². The number of amides is 2. The lowest BCUT2D eigenvalue weighted by Gasteiger charge is -2.20. The van der Waals surface area contributed by atoms with Crippen LogP contribution >= 0.6 is 11.8 Å². The highest BCUT2D eigenvalue weighted by Gasteiger charge is 2.36. The number of rotatable bonds is 5. The SMILES string of the molecule is COc1ccc(C)cc1N1CC(C(=O)Nc2ccccc2SC)CC1=O. The first kappa shape index (κ1) is 18.3. The Labute approximate surface area is 157 Å². The number of methoxy groups -OCH3 is 1. The van der Waals surface area contributed by atoms with E-state index < -0.39 is 0 Å². The molecule has 0 spiro atoms. The minimum Gasteiger partial charge on any atom is -0.495 e. The van der Waals surface area contributed by atoms with E-state index in [9.17, 15) is 9.59 Å². The quantitative estimate of drug-likeness (QED) is 0.815. The number of ether oxygens (including phenoxy) is 1. The normalized spacial score (nSPS) is 16.7. The van der Waals surface area contributed by atoms with Crippen molar-refractivity contribution in [3.8, 4) is 5.75 Å². The summed E-state index contributed by atoms with van der Waals surface area (Å²) in [5, 5.41) is 2.97. The van der Waals surface area contributed by atoms with Crippen molar-refractivity contribution >= 4 is 35.0 Å². The summed E-state index contributed by atoms with van der Waals surface area (Å²) in [5.41, 5.74) is 2.54. The minimum atomic E-state index is -0.386. The van der Waals surface area contributed by atoms with Crippen LogP contribution in [-0.4, -0.2) is 31.7 Å². The van der Waals surface area contributed by atoms with Crippen molar-refractivity contribution in [3.05, 3.63) is 48.0 Å². The van der Waals surface area contributed by atoms with Crippen molar-refractivity contribution in [1.29, 1.82) is 0 Å². The first-order valence-electron chi connectivity index (χ1n) is 8.42. The molecule has 0 aliphatic carbocycles. The van der Waals surface area contributed by atoms with Crippen molar-refractivity contribution < 1.29 is 14.3 Å². The zero-order valence-corrected chi connectivity index (χ0v) is 15.9. The van der Waals surface area contributed by atoms with E-state index in [4.69, 9.17) is 4.74 Å². The van der Waals surface area contributed by atoms with Gasteiger partial charge in [0.15, 0.2) is 0 Å². The van der Waals surface area contributed by atoms with Crippen LogP contribution in [0.15, 0.2) is 47.4 Å². The Morgan fingerprint density at radius 1 is 1.27 bits per heavy atom. The molecule has 1 fully saturated rings. The van der Waals surface area contributed by atoms with Gasteiger partial charge in [-0.05, 0) is 43.0 Å². The van der Waals surface area contributed by atoms with Gasteiger partial charge in [0.05, 0.1) is 24.4 Å². The molecule has 2 amide bonds. The summed E-state index contributed by atoms with van der Waals surface area (Å²) in [6.07, 6.45) is 2.17. The van der Waals surface area contributed by atoms with Crippen LogP contribution in [0.2, 0.25) is 0 Å².